The molecule has 2 aromatic carbocycles. The van der Waals surface area contributed by atoms with Crippen molar-refractivity contribution in [2.45, 2.75) is 6.92 Å². The van der Waals surface area contributed by atoms with Gasteiger partial charge in [-0.05, 0) is 36.8 Å². The largest absolute Gasteiger partial charge is 0.323 e. The fourth-order valence-corrected chi connectivity index (χ4v) is 2.00. The Morgan fingerprint density at radius 1 is 1.16 bits per heavy atom. The Labute approximate surface area is 116 Å². The molecule has 2 rings (SSSR count). The van der Waals surface area contributed by atoms with Gasteiger partial charge in [-0.15, -0.1) is 0 Å². The van der Waals surface area contributed by atoms with Crippen LogP contribution in [0, 0.1) is 6.92 Å². The van der Waals surface area contributed by atoms with E-state index in [1.807, 2.05) is 13.0 Å². The molecule has 0 aliphatic heterocycles. The topological polar surface area (TPSA) is 67.2 Å². The third-order valence-corrected chi connectivity index (χ3v) is 3.01. The standard InChI is InChI=1S/C14H14ClN3O/c1-9-6-7-13(11(15)8-9)17-14(19)10-4-2-3-5-12(10)18-16/h2-8,18H,16H2,1H3,(H,17,19). The van der Waals surface area contributed by atoms with Crippen molar-refractivity contribution in [3.05, 3.63) is 58.6 Å². The van der Waals surface area contributed by atoms with E-state index in [9.17, 15) is 4.79 Å². The monoisotopic (exact) mass is 275 g/mol. The summed E-state index contributed by atoms with van der Waals surface area (Å²) >= 11 is 6.08. The zero-order chi connectivity index (χ0) is 13.8. The van der Waals surface area contributed by atoms with Crippen LogP contribution >= 0.6 is 11.6 Å². The minimum atomic E-state index is -0.265. The van der Waals surface area contributed by atoms with Gasteiger partial charge in [0.1, 0.15) is 0 Å². The summed E-state index contributed by atoms with van der Waals surface area (Å²) in [5.74, 6) is 5.11. The Balaban J connectivity index is 2.26. The average molecular weight is 276 g/mol. The van der Waals surface area contributed by atoms with Crippen LogP contribution in [0.5, 0.6) is 0 Å². The van der Waals surface area contributed by atoms with Gasteiger partial charge in [0, 0.05) is 0 Å². The fraction of sp³-hybridized carbons (Fsp3) is 0.0714. The first kappa shape index (κ1) is 13.4. The Morgan fingerprint density at radius 3 is 2.58 bits per heavy atom. The number of nitrogen functional groups attached to an aromatic ring is 1. The Bertz CT molecular complexity index is 613. The molecule has 4 N–H and O–H groups in total. The number of nitrogens with two attached hydrogens (primary N) is 1. The number of amides is 1. The predicted molar refractivity (Wildman–Crippen MR) is 78.4 cm³/mol. The molecule has 0 heterocycles. The Kier molecular flexibility index (Phi) is 4.04. The van der Waals surface area contributed by atoms with Crippen molar-refractivity contribution in [2.24, 2.45) is 5.84 Å². The normalized spacial score (nSPS) is 10.1. The van der Waals surface area contributed by atoms with E-state index in [0.29, 0.717) is 22.0 Å². The van der Waals surface area contributed by atoms with E-state index in [1.165, 1.54) is 0 Å². The summed E-state index contributed by atoms with van der Waals surface area (Å²) in [7, 11) is 0. The molecule has 0 aromatic heterocycles. The SMILES string of the molecule is Cc1ccc(NC(=O)c2ccccc2NN)c(Cl)c1. The number of carbonyl (C=O) groups is 1. The minimum Gasteiger partial charge on any atom is -0.323 e. The smallest absolute Gasteiger partial charge is 0.257 e. The van der Waals surface area contributed by atoms with E-state index in [1.54, 1.807) is 36.4 Å². The molecular formula is C14H14ClN3O. The second-order valence-corrected chi connectivity index (χ2v) is 4.53. The van der Waals surface area contributed by atoms with Crippen molar-refractivity contribution in [1.82, 2.24) is 0 Å². The van der Waals surface area contributed by atoms with Crippen LogP contribution in [0.2, 0.25) is 5.02 Å². The molecule has 0 aliphatic carbocycles. The average Bonchev–Trinajstić information content (AvgIpc) is 2.41. The van der Waals surface area contributed by atoms with E-state index in [4.69, 9.17) is 17.4 Å². The first-order chi connectivity index (χ1) is 9.11. The molecule has 2 aromatic rings. The van der Waals surface area contributed by atoms with Crippen LogP contribution in [0.4, 0.5) is 11.4 Å². The van der Waals surface area contributed by atoms with Crippen LogP contribution in [0.15, 0.2) is 42.5 Å². The van der Waals surface area contributed by atoms with Gasteiger partial charge in [-0.3, -0.25) is 10.6 Å². The number of hydrazine groups is 1. The zero-order valence-electron chi connectivity index (χ0n) is 10.4. The zero-order valence-corrected chi connectivity index (χ0v) is 11.2. The molecule has 5 heteroatoms. The number of anilines is 2. The number of carbonyl (C=O) groups excluding carboxylic acids is 1. The summed E-state index contributed by atoms with van der Waals surface area (Å²) in [6.45, 7) is 1.94. The van der Waals surface area contributed by atoms with E-state index >= 15 is 0 Å². The number of hydrogen-bond donors (Lipinski definition) is 3. The van der Waals surface area contributed by atoms with Crippen molar-refractivity contribution in [3.8, 4) is 0 Å². The number of rotatable bonds is 3. The minimum absolute atomic E-state index is 0.265. The molecule has 0 saturated heterocycles. The van der Waals surface area contributed by atoms with Crippen LogP contribution in [-0.2, 0) is 0 Å². The second-order valence-electron chi connectivity index (χ2n) is 4.13. The number of hydrogen-bond acceptors (Lipinski definition) is 3. The third-order valence-electron chi connectivity index (χ3n) is 2.70. The van der Waals surface area contributed by atoms with Gasteiger partial charge in [-0.2, -0.15) is 0 Å². The third kappa shape index (κ3) is 3.05. The number of halogens is 1. The van der Waals surface area contributed by atoms with Gasteiger partial charge in [0.25, 0.3) is 5.91 Å². The van der Waals surface area contributed by atoms with Crippen molar-refractivity contribution in [1.29, 1.82) is 0 Å². The van der Waals surface area contributed by atoms with Gasteiger partial charge >= 0.3 is 0 Å². The summed E-state index contributed by atoms with van der Waals surface area (Å²) in [5.41, 5.74) is 5.12. The highest BCUT2D eigenvalue weighted by Crippen LogP contribution is 2.24. The van der Waals surface area contributed by atoms with Crippen LogP contribution in [0.25, 0.3) is 0 Å². The van der Waals surface area contributed by atoms with Crippen molar-refractivity contribution in [2.75, 3.05) is 10.7 Å². The van der Waals surface area contributed by atoms with Crippen LogP contribution < -0.4 is 16.6 Å². The molecule has 0 fully saturated rings. The maximum absolute atomic E-state index is 12.2. The van der Waals surface area contributed by atoms with E-state index in [-0.39, 0.29) is 5.91 Å². The number of para-hydroxylation sites is 1. The summed E-state index contributed by atoms with van der Waals surface area (Å²) in [4.78, 5) is 12.2. The van der Waals surface area contributed by atoms with Crippen molar-refractivity contribution < 1.29 is 4.79 Å². The van der Waals surface area contributed by atoms with E-state index in [0.717, 1.165) is 5.56 Å². The van der Waals surface area contributed by atoms with Gasteiger partial charge in [0.05, 0.1) is 22.0 Å². The molecule has 0 radical (unpaired) electrons. The van der Waals surface area contributed by atoms with Gasteiger partial charge in [-0.25, -0.2) is 0 Å². The molecule has 0 aliphatic rings. The predicted octanol–water partition coefficient (Wildman–Crippen LogP) is 3.19. The maximum Gasteiger partial charge on any atom is 0.257 e. The highest BCUT2D eigenvalue weighted by molar-refractivity contribution is 6.34. The molecule has 0 saturated carbocycles. The lowest BCUT2D eigenvalue weighted by Crippen LogP contribution is -2.17. The maximum atomic E-state index is 12.2. The van der Waals surface area contributed by atoms with Crippen LogP contribution in [0.1, 0.15) is 15.9 Å². The van der Waals surface area contributed by atoms with Gasteiger partial charge in [0.15, 0.2) is 0 Å². The van der Waals surface area contributed by atoms with Gasteiger partial charge < -0.3 is 10.7 Å². The van der Waals surface area contributed by atoms with Crippen LogP contribution in [-0.4, -0.2) is 5.91 Å². The first-order valence-corrected chi connectivity index (χ1v) is 6.13. The summed E-state index contributed by atoms with van der Waals surface area (Å²) in [6, 6.07) is 12.4. The lowest BCUT2D eigenvalue weighted by Gasteiger charge is -2.10. The molecule has 0 bridgehead atoms. The number of nitrogens with one attached hydrogen (secondary N) is 2. The molecule has 0 atom stereocenters. The highest BCUT2D eigenvalue weighted by Gasteiger charge is 2.11. The molecule has 4 nitrogen and oxygen atoms in total. The summed E-state index contributed by atoms with van der Waals surface area (Å²) in [5, 5.41) is 3.27. The summed E-state index contributed by atoms with van der Waals surface area (Å²) < 4.78 is 0. The van der Waals surface area contributed by atoms with Gasteiger partial charge in [0.2, 0.25) is 0 Å². The van der Waals surface area contributed by atoms with Crippen LogP contribution in [0.3, 0.4) is 0 Å². The highest BCUT2D eigenvalue weighted by atomic mass is 35.5. The Morgan fingerprint density at radius 2 is 1.89 bits per heavy atom. The van der Waals surface area contributed by atoms with E-state index < -0.39 is 0 Å². The molecule has 0 unspecified atom stereocenters. The molecule has 1 amide bonds. The second kappa shape index (κ2) is 5.73. The van der Waals surface area contributed by atoms with Crippen molar-refractivity contribution >= 4 is 28.9 Å². The molecular weight excluding hydrogens is 262 g/mol. The first-order valence-electron chi connectivity index (χ1n) is 5.75. The quantitative estimate of drug-likeness (QED) is 0.595. The number of aryl methyl sites for hydroxylation is 1. The van der Waals surface area contributed by atoms with Crippen molar-refractivity contribution in [3.63, 3.8) is 0 Å². The Hall–Kier alpha value is -2.04. The van der Waals surface area contributed by atoms with Gasteiger partial charge in [-0.1, -0.05) is 29.8 Å². The molecule has 0 spiro atoms. The molecule has 98 valence electrons. The lowest BCUT2D eigenvalue weighted by molar-refractivity contribution is 0.102. The fourth-order valence-electron chi connectivity index (χ4n) is 1.72. The van der Waals surface area contributed by atoms with E-state index in [2.05, 4.69) is 10.7 Å². The molecule has 19 heavy (non-hydrogen) atoms. The lowest BCUT2D eigenvalue weighted by atomic mass is 10.1. The summed E-state index contributed by atoms with van der Waals surface area (Å²) in [6.07, 6.45) is 0. The number of benzene rings is 2.